The molecule has 6 heteroatoms. The molecule has 1 aromatic carbocycles. The molecule has 0 amide bonds. The van der Waals surface area contributed by atoms with Gasteiger partial charge >= 0.3 is 0 Å². The number of hydrogen-bond donors (Lipinski definition) is 1. The normalized spacial score (nSPS) is 10.8. The number of nitrogens with zero attached hydrogens (tertiary/aromatic N) is 2. The maximum Gasteiger partial charge on any atom is 0.215 e. The fraction of sp³-hybridized carbons (Fsp3) is 0.200. The number of hydrogen-bond acceptors (Lipinski definition) is 4. The Morgan fingerprint density at radius 1 is 1.19 bits per heavy atom. The van der Waals surface area contributed by atoms with E-state index in [0.29, 0.717) is 18.1 Å². The molecule has 2 aromatic heterocycles. The van der Waals surface area contributed by atoms with Crippen molar-refractivity contribution in [1.82, 2.24) is 15.0 Å². The first kappa shape index (κ1) is 13.9. The molecule has 0 spiro atoms. The van der Waals surface area contributed by atoms with Crippen LogP contribution in [-0.4, -0.2) is 28.7 Å². The van der Waals surface area contributed by atoms with Gasteiger partial charge in [0.1, 0.15) is 11.6 Å². The molecule has 0 aliphatic heterocycles. The van der Waals surface area contributed by atoms with Crippen molar-refractivity contribution in [1.29, 1.82) is 0 Å². The molecule has 0 atom stereocenters. The van der Waals surface area contributed by atoms with Gasteiger partial charge < -0.3 is 14.5 Å². The lowest BCUT2D eigenvalue weighted by Gasteiger charge is -2.06. The molecule has 108 valence electrons. The highest BCUT2D eigenvalue weighted by molar-refractivity contribution is 9.10. The fourth-order valence-electron chi connectivity index (χ4n) is 2.09. The molecule has 3 rings (SSSR count). The van der Waals surface area contributed by atoms with E-state index in [1.165, 1.54) is 0 Å². The molecule has 0 bridgehead atoms. The Balaban J connectivity index is 2.08. The second kappa shape index (κ2) is 5.73. The SMILES string of the molecule is CCOc1ccc2[nH]c(-c3ccc(Br)cc3OC)nc2n1. The van der Waals surface area contributed by atoms with E-state index in [4.69, 9.17) is 9.47 Å². The zero-order chi connectivity index (χ0) is 14.8. The van der Waals surface area contributed by atoms with Crippen molar-refractivity contribution in [3.05, 3.63) is 34.8 Å². The summed E-state index contributed by atoms with van der Waals surface area (Å²) in [5, 5.41) is 0. The zero-order valence-electron chi connectivity index (χ0n) is 11.7. The highest BCUT2D eigenvalue weighted by Crippen LogP contribution is 2.31. The lowest BCUT2D eigenvalue weighted by atomic mass is 10.2. The predicted octanol–water partition coefficient (Wildman–Crippen LogP) is 3.79. The van der Waals surface area contributed by atoms with E-state index in [9.17, 15) is 0 Å². The minimum absolute atomic E-state index is 0.575. The number of methoxy groups -OCH3 is 1. The van der Waals surface area contributed by atoms with E-state index in [-0.39, 0.29) is 0 Å². The van der Waals surface area contributed by atoms with Gasteiger partial charge in [-0.3, -0.25) is 0 Å². The third kappa shape index (κ3) is 2.71. The third-order valence-corrected chi connectivity index (χ3v) is 3.52. The predicted molar refractivity (Wildman–Crippen MR) is 84.7 cm³/mol. The largest absolute Gasteiger partial charge is 0.496 e. The van der Waals surface area contributed by atoms with Gasteiger partial charge in [-0.2, -0.15) is 4.98 Å². The summed E-state index contributed by atoms with van der Waals surface area (Å²) in [5.41, 5.74) is 2.37. The Kier molecular flexibility index (Phi) is 3.79. The summed E-state index contributed by atoms with van der Waals surface area (Å²) in [6.07, 6.45) is 0. The summed E-state index contributed by atoms with van der Waals surface area (Å²) in [5.74, 6) is 2.04. The molecule has 0 saturated carbocycles. The smallest absolute Gasteiger partial charge is 0.215 e. The van der Waals surface area contributed by atoms with E-state index >= 15 is 0 Å². The summed E-state index contributed by atoms with van der Waals surface area (Å²) < 4.78 is 11.8. The van der Waals surface area contributed by atoms with Crippen LogP contribution in [0.2, 0.25) is 0 Å². The highest BCUT2D eigenvalue weighted by atomic mass is 79.9. The number of benzene rings is 1. The molecular formula is C15H14BrN3O2. The van der Waals surface area contributed by atoms with Gasteiger partial charge in [-0.05, 0) is 31.2 Å². The second-order valence-electron chi connectivity index (χ2n) is 4.38. The number of nitrogens with one attached hydrogen (secondary N) is 1. The van der Waals surface area contributed by atoms with Crippen LogP contribution in [0.5, 0.6) is 11.6 Å². The lowest BCUT2D eigenvalue weighted by Crippen LogP contribution is -1.93. The van der Waals surface area contributed by atoms with Crippen molar-refractivity contribution in [3.8, 4) is 23.0 Å². The van der Waals surface area contributed by atoms with Gasteiger partial charge in [0, 0.05) is 10.5 Å². The molecule has 0 radical (unpaired) electrons. The van der Waals surface area contributed by atoms with Crippen LogP contribution in [0.4, 0.5) is 0 Å². The van der Waals surface area contributed by atoms with Crippen molar-refractivity contribution >= 4 is 27.1 Å². The van der Waals surface area contributed by atoms with Crippen LogP contribution in [0.15, 0.2) is 34.8 Å². The summed E-state index contributed by atoms with van der Waals surface area (Å²) in [7, 11) is 1.64. The first-order valence-corrected chi connectivity index (χ1v) is 7.34. The van der Waals surface area contributed by atoms with Gasteiger partial charge in [0.05, 0.1) is 24.8 Å². The summed E-state index contributed by atoms with van der Waals surface area (Å²) >= 11 is 3.43. The average molecular weight is 348 g/mol. The molecule has 2 heterocycles. The van der Waals surface area contributed by atoms with Crippen molar-refractivity contribution in [2.45, 2.75) is 6.92 Å². The average Bonchev–Trinajstić information content (AvgIpc) is 2.90. The maximum atomic E-state index is 5.40. The standard InChI is InChI=1S/C15H14BrN3O2/c1-3-21-13-7-6-11-15(18-13)19-14(17-11)10-5-4-9(16)8-12(10)20-2/h4-8H,3H2,1-2H3,(H,17,18,19). The minimum Gasteiger partial charge on any atom is -0.496 e. The number of aromatic nitrogens is 3. The minimum atomic E-state index is 0.575. The Hall–Kier alpha value is -2.08. The first-order valence-electron chi connectivity index (χ1n) is 6.54. The third-order valence-electron chi connectivity index (χ3n) is 3.03. The summed E-state index contributed by atoms with van der Waals surface area (Å²) in [6, 6.07) is 9.54. The van der Waals surface area contributed by atoms with Crippen LogP contribution in [0.1, 0.15) is 6.92 Å². The van der Waals surface area contributed by atoms with Crippen LogP contribution in [0.3, 0.4) is 0 Å². The lowest BCUT2D eigenvalue weighted by molar-refractivity contribution is 0.328. The fourth-order valence-corrected chi connectivity index (χ4v) is 2.43. The van der Waals surface area contributed by atoms with E-state index < -0.39 is 0 Å². The summed E-state index contributed by atoms with van der Waals surface area (Å²) in [6.45, 7) is 2.50. The molecule has 0 saturated heterocycles. The van der Waals surface area contributed by atoms with Gasteiger partial charge in [0.15, 0.2) is 5.65 Å². The zero-order valence-corrected chi connectivity index (χ0v) is 13.3. The molecule has 0 aliphatic carbocycles. The van der Waals surface area contributed by atoms with Crippen molar-refractivity contribution in [2.24, 2.45) is 0 Å². The van der Waals surface area contributed by atoms with E-state index in [0.717, 1.165) is 27.1 Å². The van der Waals surface area contributed by atoms with Crippen LogP contribution in [0.25, 0.3) is 22.6 Å². The van der Waals surface area contributed by atoms with Crippen LogP contribution >= 0.6 is 15.9 Å². The van der Waals surface area contributed by atoms with Crippen LogP contribution < -0.4 is 9.47 Å². The van der Waals surface area contributed by atoms with Gasteiger partial charge in [-0.25, -0.2) is 4.98 Å². The number of aromatic amines is 1. The number of pyridine rings is 1. The first-order chi connectivity index (χ1) is 10.2. The highest BCUT2D eigenvalue weighted by Gasteiger charge is 2.12. The van der Waals surface area contributed by atoms with Crippen molar-refractivity contribution in [3.63, 3.8) is 0 Å². The van der Waals surface area contributed by atoms with Gasteiger partial charge in [-0.1, -0.05) is 15.9 Å². The molecule has 0 unspecified atom stereocenters. The van der Waals surface area contributed by atoms with E-state index in [2.05, 4.69) is 30.9 Å². The van der Waals surface area contributed by atoms with Gasteiger partial charge in [-0.15, -0.1) is 0 Å². The summed E-state index contributed by atoms with van der Waals surface area (Å²) in [4.78, 5) is 12.1. The van der Waals surface area contributed by atoms with Crippen LogP contribution in [-0.2, 0) is 0 Å². The molecule has 3 aromatic rings. The number of H-pyrrole nitrogens is 1. The number of rotatable bonds is 4. The quantitative estimate of drug-likeness (QED) is 0.779. The van der Waals surface area contributed by atoms with Gasteiger partial charge in [0.25, 0.3) is 0 Å². The monoisotopic (exact) mass is 347 g/mol. The van der Waals surface area contributed by atoms with Gasteiger partial charge in [0.2, 0.25) is 5.88 Å². The molecule has 1 N–H and O–H groups in total. The number of ether oxygens (including phenoxy) is 2. The Labute approximate surface area is 130 Å². The van der Waals surface area contributed by atoms with E-state index in [1.807, 2.05) is 37.3 Å². The number of imidazole rings is 1. The Morgan fingerprint density at radius 3 is 2.81 bits per heavy atom. The van der Waals surface area contributed by atoms with Crippen molar-refractivity contribution in [2.75, 3.05) is 13.7 Å². The number of halogens is 1. The molecular weight excluding hydrogens is 334 g/mol. The Morgan fingerprint density at radius 2 is 2.05 bits per heavy atom. The molecule has 21 heavy (non-hydrogen) atoms. The number of fused-ring (bicyclic) bond motifs is 1. The Bertz CT molecular complexity index is 786. The molecule has 0 fully saturated rings. The molecule has 0 aliphatic rings. The maximum absolute atomic E-state index is 5.40. The second-order valence-corrected chi connectivity index (χ2v) is 5.30. The van der Waals surface area contributed by atoms with Crippen molar-refractivity contribution < 1.29 is 9.47 Å². The topological polar surface area (TPSA) is 60.0 Å². The molecule has 5 nitrogen and oxygen atoms in total. The van der Waals surface area contributed by atoms with E-state index in [1.54, 1.807) is 7.11 Å². The van der Waals surface area contributed by atoms with Crippen LogP contribution in [0, 0.1) is 0 Å².